The molecule has 1 fully saturated rings. The number of ether oxygens (including phenoxy) is 3. The molecule has 0 spiro atoms. The molecule has 0 bridgehead atoms. The van der Waals surface area contributed by atoms with Gasteiger partial charge in [-0.05, 0) is 32.6 Å². The molecule has 1 aliphatic carbocycles. The molecular formula is C19H30O8. The fraction of sp³-hybridized carbons (Fsp3) is 0.737. The Bertz CT molecular complexity index is 530. The van der Waals surface area contributed by atoms with Crippen molar-refractivity contribution < 1.29 is 39.4 Å². The second-order valence-electron chi connectivity index (χ2n) is 7.01. The number of rotatable bonds is 10. The van der Waals surface area contributed by atoms with Crippen molar-refractivity contribution in [2.24, 2.45) is 5.92 Å². The van der Waals surface area contributed by atoms with E-state index in [2.05, 4.69) is 12.2 Å². The normalized spacial score (nSPS) is 31.6. The summed E-state index contributed by atoms with van der Waals surface area (Å²) in [6, 6.07) is 0. The second-order valence-corrected chi connectivity index (χ2v) is 7.01. The van der Waals surface area contributed by atoms with Crippen molar-refractivity contribution in [1.29, 1.82) is 0 Å². The number of carbonyl (C=O) groups excluding carboxylic acids is 1. The van der Waals surface area contributed by atoms with Crippen LogP contribution in [0.2, 0.25) is 0 Å². The topological polar surface area (TPSA) is 126 Å². The summed E-state index contributed by atoms with van der Waals surface area (Å²) in [6.45, 7) is 1.35. The third kappa shape index (κ3) is 6.38. The van der Waals surface area contributed by atoms with Crippen LogP contribution in [0.15, 0.2) is 23.8 Å². The first-order chi connectivity index (χ1) is 12.9. The highest BCUT2D eigenvalue weighted by Gasteiger charge is 2.44. The van der Waals surface area contributed by atoms with Crippen LogP contribution in [0.1, 0.15) is 32.6 Å². The number of unbranched alkanes of at least 4 members (excludes halogenated alkanes) is 1. The molecule has 1 heterocycles. The van der Waals surface area contributed by atoms with Crippen molar-refractivity contribution in [2.45, 2.75) is 63.3 Å². The summed E-state index contributed by atoms with van der Waals surface area (Å²) in [5, 5.41) is 38.5. The van der Waals surface area contributed by atoms with E-state index in [9.17, 15) is 20.1 Å². The van der Waals surface area contributed by atoms with Crippen LogP contribution in [0.5, 0.6) is 0 Å². The molecule has 8 nitrogen and oxygen atoms in total. The van der Waals surface area contributed by atoms with Gasteiger partial charge in [-0.1, -0.05) is 23.8 Å². The van der Waals surface area contributed by atoms with E-state index in [1.165, 1.54) is 5.57 Å². The maximum absolute atomic E-state index is 12.0. The first kappa shape index (κ1) is 22.0. The highest BCUT2D eigenvalue weighted by molar-refractivity contribution is 5.72. The Labute approximate surface area is 159 Å². The van der Waals surface area contributed by atoms with E-state index >= 15 is 0 Å². The minimum atomic E-state index is -1.51. The molecule has 4 N–H and O–H groups in total. The van der Waals surface area contributed by atoms with Gasteiger partial charge in [0.05, 0.1) is 25.7 Å². The molecule has 154 valence electrons. The first-order valence-electron chi connectivity index (χ1n) is 9.37. The predicted octanol–water partition coefficient (Wildman–Crippen LogP) is 0.0388. The smallest absolute Gasteiger partial charge is 0.310 e. The number of aliphatic hydroxyl groups excluding tert-OH is 4. The lowest BCUT2D eigenvalue weighted by atomic mass is 9.99. The van der Waals surface area contributed by atoms with Crippen LogP contribution in [0.4, 0.5) is 0 Å². The molecule has 8 heteroatoms. The SMILES string of the molecule is C[C@H](COC1O[C@H](CO)[C@@H](O)[C@H](O)[C@@H]1O)C(=O)OCCCCC1=CC=CC1. The van der Waals surface area contributed by atoms with E-state index in [0.717, 1.165) is 25.7 Å². The van der Waals surface area contributed by atoms with E-state index < -0.39 is 49.2 Å². The van der Waals surface area contributed by atoms with E-state index in [1.807, 2.05) is 6.08 Å². The summed E-state index contributed by atoms with van der Waals surface area (Å²) >= 11 is 0. The maximum Gasteiger partial charge on any atom is 0.310 e. The zero-order valence-corrected chi connectivity index (χ0v) is 15.6. The summed E-state index contributed by atoms with van der Waals surface area (Å²) in [5.74, 6) is -1.000. The lowest BCUT2D eigenvalue weighted by Gasteiger charge is -2.39. The monoisotopic (exact) mass is 386 g/mol. The molecule has 27 heavy (non-hydrogen) atoms. The van der Waals surface area contributed by atoms with Crippen LogP contribution in [-0.2, 0) is 19.0 Å². The maximum atomic E-state index is 12.0. The molecule has 2 rings (SSSR count). The van der Waals surface area contributed by atoms with E-state index in [0.29, 0.717) is 6.61 Å². The van der Waals surface area contributed by atoms with E-state index in [1.54, 1.807) is 6.92 Å². The molecule has 0 radical (unpaired) electrons. The summed E-state index contributed by atoms with van der Waals surface area (Å²) in [5.41, 5.74) is 1.39. The van der Waals surface area contributed by atoms with Crippen LogP contribution in [0.25, 0.3) is 0 Å². The Morgan fingerprint density at radius 2 is 2.04 bits per heavy atom. The van der Waals surface area contributed by atoms with Gasteiger partial charge in [0, 0.05) is 0 Å². The molecule has 1 unspecified atom stereocenters. The summed E-state index contributed by atoms with van der Waals surface area (Å²) in [4.78, 5) is 12.0. The number of esters is 1. The van der Waals surface area contributed by atoms with Crippen molar-refractivity contribution in [1.82, 2.24) is 0 Å². The van der Waals surface area contributed by atoms with Crippen LogP contribution in [0, 0.1) is 5.92 Å². The fourth-order valence-corrected chi connectivity index (χ4v) is 2.96. The van der Waals surface area contributed by atoms with Gasteiger partial charge in [0.1, 0.15) is 24.4 Å². The van der Waals surface area contributed by atoms with Gasteiger partial charge in [-0.2, -0.15) is 0 Å². The molecule has 0 aromatic carbocycles. The molecule has 0 saturated carbocycles. The third-order valence-electron chi connectivity index (χ3n) is 4.75. The fourth-order valence-electron chi connectivity index (χ4n) is 2.96. The molecule has 0 aromatic rings. The van der Waals surface area contributed by atoms with Crippen molar-refractivity contribution in [3.8, 4) is 0 Å². The Balaban J connectivity index is 1.63. The number of carbonyl (C=O) groups is 1. The first-order valence-corrected chi connectivity index (χ1v) is 9.37. The molecular weight excluding hydrogens is 356 g/mol. The zero-order chi connectivity index (χ0) is 19.8. The highest BCUT2D eigenvalue weighted by Crippen LogP contribution is 2.22. The molecule has 0 aromatic heterocycles. The Morgan fingerprint density at radius 1 is 1.26 bits per heavy atom. The number of aliphatic hydroxyl groups is 4. The Kier molecular flexibility index (Phi) is 8.88. The summed E-state index contributed by atoms with van der Waals surface area (Å²) in [7, 11) is 0. The minimum absolute atomic E-state index is 0.0833. The van der Waals surface area contributed by atoms with Gasteiger partial charge >= 0.3 is 5.97 Å². The van der Waals surface area contributed by atoms with Gasteiger partial charge < -0.3 is 34.6 Å². The van der Waals surface area contributed by atoms with Crippen LogP contribution >= 0.6 is 0 Å². The van der Waals surface area contributed by atoms with Gasteiger partial charge in [0.2, 0.25) is 0 Å². The van der Waals surface area contributed by atoms with E-state index in [-0.39, 0.29) is 6.61 Å². The minimum Gasteiger partial charge on any atom is -0.465 e. The molecule has 0 amide bonds. The van der Waals surface area contributed by atoms with Crippen molar-refractivity contribution in [3.63, 3.8) is 0 Å². The zero-order valence-electron chi connectivity index (χ0n) is 15.6. The van der Waals surface area contributed by atoms with E-state index in [4.69, 9.17) is 19.3 Å². The Morgan fingerprint density at radius 3 is 2.70 bits per heavy atom. The van der Waals surface area contributed by atoms with Crippen molar-refractivity contribution in [3.05, 3.63) is 23.8 Å². The number of allylic oxidation sites excluding steroid dienone is 4. The molecule has 6 atom stereocenters. The van der Waals surface area contributed by atoms with Crippen LogP contribution < -0.4 is 0 Å². The standard InChI is InChI=1S/C19H30O8/c1-12(18(24)25-9-5-4-8-13-6-2-3-7-13)11-26-19-17(23)16(22)15(21)14(10-20)27-19/h2-3,6,12,14-17,19-23H,4-5,7-11H2,1H3/t12-,14-,15-,16+,17+,19?/m1/s1. The summed E-state index contributed by atoms with van der Waals surface area (Å²) in [6.07, 6.45) is 3.31. The Hall–Kier alpha value is -1.29. The van der Waals surface area contributed by atoms with Gasteiger partial charge in [-0.25, -0.2) is 0 Å². The van der Waals surface area contributed by atoms with Crippen molar-refractivity contribution >= 4 is 5.97 Å². The average molecular weight is 386 g/mol. The van der Waals surface area contributed by atoms with Crippen LogP contribution in [0.3, 0.4) is 0 Å². The third-order valence-corrected chi connectivity index (χ3v) is 4.75. The molecule has 2 aliphatic rings. The number of hydrogen-bond donors (Lipinski definition) is 4. The summed E-state index contributed by atoms with van der Waals surface area (Å²) < 4.78 is 15.8. The second kappa shape index (κ2) is 10.9. The van der Waals surface area contributed by atoms with Gasteiger partial charge in [0.25, 0.3) is 0 Å². The van der Waals surface area contributed by atoms with Crippen LogP contribution in [-0.4, -0.2) is 76.9 Å². The lowest BCUT2D eigenvalue weighted by Crippen LogP contribution is -2.59. The van der Waals surface area contributed by atoms with Gasteiger partial charge in [-0.15, -0.1) is 0 Å². The number of hydrogen-bond acceptors (Lipinski definition) is 8. The quantitative estimate of drug-likeness (QED) is 0.306. The predicted molar refractivity (Wildman–Crippen MR) is 95.5 cm³/mol. The molecule has 1 saturated heterocycles. The average Bonchev–Trinajstić information content (AvgIpc) is 3.18. The lowest BCUT2D eigenvalue weighted by molar-refractivity contribution is -0.302. The van der Waals surface area contributed by atoms with Gasteiger partial charge in [0.15, 0.2) is 6.29 Å². The van der Waals surface area contributed by atoms with Gasteiger partial charge in [-0.3, -0.25) is 4.79 Å². The highest BCUT2D eigenvalue weighted by atomic mass is 16.7. The largest absolute Gasteiger partial charge is 0.465 e. The van der Waals surface area contributed by atoms with Crippen molar-refractivity contribution in [2.75, 3.05) is 19.8 Å². The molecule has 1 aliphatic heterocycles.